The Bertz CT molecular complexity index is 347. The quantitative estimate of drug-likeness (QED) is 0.123. The molecule has 0 radical (unpaired) electrons. The monoisotopic (exact) mass is 290 g/mol. The van der Waals surface area contributed by atoms with Crippen molar-refractivity contribution in [2.45, 2.75) is 24.4 Å². The van der Waals surface area contributed by atoms with E-state index in [2.05, 4.69) is 4.28 Å². The second-order valence-electron chi connectivity index (χ2n) is 3.15. The van der Waals surface area contributed by atoms with E-state index >= 15 is 0 Å². The summed E-state index contributed by atoms with van der Waals surface area (Å²) in [6.07, 6.45) is -5.38. The molecule has 0 saturated carbocycles. The van der Waals surface area contributed by atoms with Gasteiger partial charge in [-0.2, -0.15) is 8.42 Å². The lowest BCUT2D eigenvalue weighted by molar-refractivity contribution is -0.123. The van der Waals surface area contributed by atoms with Crippen molar-refractivity contribution in [3.8, 4) is 0 Å². The zero-order chi connectivity index (χ0) is 14.3. The van der Waals surface area contributed by atoms with E-state index in [4.69, 9.17) is 14.8 Å². The molecule has 7 N–H and O–H groups in total. The van der Waals surface area contributed by atoms with Gasteiger partial charge < -0.3 is 25.2 Å². The maximum Gasteiger partial charge on any atom is 0.414 e. The Kier molecular flexibility index (Phi) is 7.37. The van der Waals surface area contributed by atoms with Gasteiger partial charge in [0.2, 0.25) is 0 Å². The largest absolute Gasteiger partial charge is 0.414 e. The van der Waals surface area contributed by atoms with Crippen LogP contribution in [0.3, 0.4) is 0 Å². The minimum Gasteiger partial charge on any atom is -0.394 e. The van der Waals surface area contributed by atoms with Crippen LogP contribution < -0.4 is 11.0 Å². The number of carbonyl (C=O) groups excluding carboxylic acids is 1. The van der Waals surface area contributed by atoms with Gasteiger partial charge >= 0.3 is 10.4 Å². The molecule has 0 aliphatic rings. The molecule has 18 heavy (non-hydrogen) atoms. The fourth-order valence-electron chi connectivity index (χ4n) is 0.893. The minimum atomic E-state index is -4.82. The molecule has 0 bridgehead atoms. The van der Waals surface area contributed by atoms with E-state index < -0.39 is 41.4 Å². The Labute approximate surface area is 102 Å². The first-order valence-electron chi connectivity index (χ1n) is 4.49. The van der Waals surface area contributed by atoms with Gasteiger partial charge in [0.25, 0.3) is 0 Å². The normalized spacial score (nSPS) is 18.9. The van der Waals surface area contributed by atoms with Crippen LogP contribution in [-0.2, 0) is 19.5 Å². The van der Waals surface area contributed by atoms with Gasteiger partial charge in [-0.1, -0.05) is 0 Å². The molecule has 0 saturated heterocycles. The summed E-state index contributed by atoms with van der Waals surface area (Å²) in [5, 5.41) is 36.2. The summed E-state index contributed by atoms with van der Waals surface area (Å²) < 4.78 is 32.0. The number of aliphatic hydroxyl groups is 4. The Morgan fingerprint density at radius 2 is 1.78 bits per heavy atom. The number of rotatable bonds is 9. The zero-order valence-electron chi connectivity index (χ0n) is 8.87. The van der Waals surface area contributed by atoms with E-state index in [0.717, 1.165) is 0 Å². The third-order valence-corrected chi connectivity index (χ3v) is 2.11. The molecule has 12 heteroatoms. The van der Waals surface area contributed by atoms with Crippen molar-refractivity contribution in [1.82, 2.24) is 11.0 Å². The molecule has 0 aromatic heterocycles. The van der Waals surface area contributed by atoms with Crippen molar-refractivity contribution < 1.29 is 42.5 Å². The summed E-state index contributed by atoms with van der Waals surface area (Å²) in [5.41, 5.74) is 3.24. The van der Waals surface area contributed by atoms with Gasteiger partial charge in [-0.05, 0) is 0 Å². The number of hydrazine groups is 1. The van der Waals surface area contributed by atoms with Crippen molar-refractivity contribution in [2.24, 2.45) is 0 Å². The maximum absolute atomic E-state index is 10.5. The molecule has 0 rings (SSSR count). The van der Waals surface area contributed by atoms with E-state index in [-0.39, 0.29) is 6.29 Å². The van der Waals surface area contributed by atoms with Crippen LogP contribution in [0.2, 0.25) is 0 Å². The minimum absolute atomic E-state index is 0.0678. The van der Waals surface area contributed by atoms with Crippen molar-refractivity contribution >= 4 is 16.7 Å². The fraction of sp³-hybridized carbons (Fsp3) is 0.833. The van der Waals surface area contributed by atoms with E-state index in [1.54, 1.807) is 5.43 Å². The van der Waals surface area contributed by atoms with Crippen LogP contribution in [0.25, 0.3) is 0 Å². The first-order valence-corrected chi connectivity index (χ1v) is 5.86. The summed E-state index contributed by atoms with van der Waals surface area (Å²) in [7, 11) is -4.82. The average molecular weight is 290 g/mol. The highest BCUT2D eigenvalue weighted by Gasteiger charge is 2.31. The lowest BCUT2D eigenvalue weighted by Gasteiger charge is -2.25. The van der Waals surface area contributed by atoms with Gasteiger partial charge in [-0.15, -0.1) is 9.87 Å². The van der Waals surface area contributed by atoms with Crippen molar-refractivity contribution in [1.29, 1.82) is 0 Å². The van der Waals surface area contributed by atoms with Crippen molar-refractivity contribution in [2.75, 3.05) is 6.61 Å². The topological polar surface area (TPSA) is 186 Å². The molecule has 0 aromatic rings. The summed E-state index contributed by atoms with van der Waals surface area (Å²) in [4.78, 5) is 10.5. The van der Waals surface area contributed by atoms with Crippen LogP contribution in [-0.4, -0.2) is 70.6 Å². The molecule has 0 aromatic carbocycles. The van der Waals surface area contributed by atoms with Crippen molar-refractivity contribution in [3.05, 3.63) is 0 Å². The molecule has 0 amide bonds. The van der Waals surface area contributed by atoms with E-state index in [1.807, 2.05) is 0 Å². The van der Waals surface area contributed by atoms with Crippen LogP contribution >= 0.6 is 0 Å². The molecule has 0 spiro atoms. The van der Waals surface area contributed by atoms with Gasteiger partial charge in [0.1, 0.15) is 30.6 Å². The Balaban J connectivity index is 4.36. The van der Waals surface area contributed by atoms with Crippen LogP contribution in [0.15, 0.2) is 0 Å². The van der Waals surface area contributed by atoms with E-state index in [1.165, 1.54) is 5.59 Å². The Morgan fingerprint density at radius 3 is 2.17 bits per heavy atom. The Morgan fingerprint density at radius 1 is 1.22 bits per heavy atom. The second-order valence-corrected chi connectivity index (χ2v) is 4.17. The lowest BCUT2D eigenvalue weighted by atomic mass is 10.0. The first-order chi connectivity index (χ1) is 8.22. The molecule has 4 atom stereocenters. The van der Waals surface area contributed by atoms with Crippen LogP contribution in [0.1, 0.15) is 0 Å². The number of carbonyl (C=O) groups is 1. The van der Waals surface area contributed by atoms with E-state index in [9.17, 15) is 23.4 Å². The van der Waals surface area contributed by atoms with Crippen LogP contribution in [0, 0.1) is 0 Å². The predicted molar refractivity (Wildman–Crippen MR) is 53.9 cm³/mol. The zero-order valence-corrected chi connectivity index (χ0v) is 9.69. The number of nitrogens with one attached hydrogen (secondary N) is 2. The second kappa shape index (κ2) is 7.67. The molecule has 108 valence electrons. The molecule has 0 fully saturated rings. The first kappa shape index (κ1) is 17.3. The molecular weight excluding hydrogens is 276 g/mol. The molecule has 11 nitrogen and oxygen atoms in total. The van der Waals surface area contributed by atoms with Crippen LogP contribution in [0.5, 0.6) is 0 Å². The van der Waals surface area contributed by atoms with Gasteiger partial charge in [0, 0.05) is 0 Å². The molecule has 0 unspecified atom stereocenters. The fourth-order valence-corrected chi connectivity index (χ4v) is 1.05. The standard InChI is InChI=1S/C6H14N2O9S/c9-1-3(7-8-17-18(14,15)16)5(12)6(13)4(11)2-10/h1,3-8,10-13H,2H2,(H,14,15,16)/t3-,4+,5+,6+/m0/s1. The summed E-state index contributed by atoms with van der Waals surface area (Å²) in [6.45, 7) is -0.862. The number of hydrogen-bond acceptors (Lipinski definition) is 10. The summed E-state index contributed by atoms with van der Waals surface area (Å²) >= 11 is 0. The Hall–Kier alpha value is -0.700. The van der Waals surface area contributed by atoms with Gasteiger partial charge in [0.15, 0.2) is 0 Å². The molecule has 0 aliphatic carbocycles. The third kappa shape index (κ3) is 6.29. The predicted octanol–water partition coefficient (Wildman–Crippen LogP) is -4.54. The SMILES string of the molecule is O=C[C@H](NNOS(=O)(=O)O)[C@@H](O)[C@H](O)[C@H](O)CO. The van der Waals surface area contributed by atoms with Gasteiger partial charge in [0.05, 0.1) is 6.61 Å². The number of aldehydes is 1. The van der Waals surface area contributed by atoms with Crippen LogP contribution in [0.4, 0.5) is 0 Å². The highest BCUT2D eigenvalue weighted by Crippen LogP contribution is 2.03. The highest BCUT2D eigenvalue weighted by molar-refractivity contribution is 7.80. The van der Waals surface area contributed by atoms with Gasteiger partial charge in [-0.25, -0.2) is 5.43 Å². The number of hydrogen-bond donors (Lipinski definition) is 7. The maximum atomic E-state index is 10.5. The third-order valence-electron chi connectivity index (χ3n) is 1.82. The highest BCUT2D eigenvalue weighted by atomic mass is 32.3. The van der Waals surface area contributed by atoms with E-state index in [0.29, 0.717) is 0 Å². The molecule has 0 aliphatic heterocycles. The summed E-state index contributed by atoms with van der Waals surface area (Å²) in [6, 6.07) is -1.58. The molecular formula is C6H14N2O9S. The smallest absolute Gasteiger partial charge is 0.394 e. The summed E-state index contributed by atoms with van der Waals surface area (Å²) in [5.74, 6) is 0. The average Bonchev–Trinajstić information content (AvgIpc) is 2.30. The molecule has 0 heterocycles. The number of aliphatic hydroxyl groups excluding tert-OH is 4. The van der Waals surface area contributed by atoms with Gasteiger partial charge in [-0.3, -0.25) is 4.55 Å². The van der Waals surface area contributed by atoms with Crippen molar-refractivity contribution in [3.63, 3.8) is 0 Å². The lowest BCUT2D eigenvalue weighted by Crippen LogP contribution is -2.55.